The fraction of sp³-hybridized carbons (Fsp3) is 0.400. The first-order valence-electron chi connectivity index (χ1n) is 11.3. The van der Waals surface area contributed by atoms with Gasteiger partial charge in [0.25, 0.3) is 5.91 Å². The number of ether oxygens (including phenoxy) is 1. The van der Waals surface area contributed by atoms with Gasteiger partial charge in [0.05, 0.1) is 12.0 Å². The van der Waals surface area contributed by atoms with Crippen molar-refractivity contribution in [1.82, 2.24) is 15.2 Å². The van der Waals surface area contributed by atoms with Crippen LogP contribution in [0.25, 0.3) is 9.88 Å². The van der Waals surface area contributed by atoms with Crippen molar-refractivity contribution in [1.29, 1.82) is 0 Å². The molecule has 1 saturated carbocycles. The van der Waals surface area contributed by atoms with E-state index >= 15 is 0 Å². The van der Waals surface area contributed by atoms with Gasteiger partial charge in [0.2, 0.25) is 5.91 Å². The summed E-state index contributed by atoms with van der Waals surface area (Å²) in [6, 6.07) is 12.0. The number of thiophene rings is 1. The molecule has 1 saturated heterocycles. The van der Waals surface area contributed by atoms with E-state index < -0.39 is 0 Å². The lowest BCUT2D eigenvalue weighted by Crippen LogP contribution is -2.41. The Morgan fingerprint density at radius 3 is 2.82 bits per heavy atom. The Balaban J connectivity index is 1.09. The van der Waals surface area contributed by atoms with Gasteiger partial charge in [0.15, 0.2) is 0 Å². The Bertz CT molecular complexity index is 1130. The van der Waals surface area contributed by atoms with Crippen molar-refractivity contribution in [2.75, 3.05) is 26.7 Å². The van der Waals surface area contributed by atoms with Gasteiger partial charge >= 0.3 is 0 Å². The smallest absolute Gasteiger partial charge is 0.273 e. The van der Waals surface area contributed by atoms with Gasteiger partial charge in [-0.05, 0) is 60.2 Å². The lowest BCUT2D eigenvalue weighted by molar-refractivity contribution is -0.123. The van der Waals surface area contributed by atoms with E-state index in [2.05, 4.69) is 10.3 Å². The van der Waals surface area contributed by atoms with Crippen LogP contribution in [0.4, 0.5) is 0 Å². The highest BCUT2D eigenvalue weighted by Crippen LogP contribution is 2.59. The third kappa shape index (κ3) is 4.68. The molecule has 1 atom stereocenters. The zero-order valence-electron chi connectivity index (χ0n) is 18.6. The number of hydrogen-bond acceptors (Lipinski definition) is 6. The molecule has 8 heteroatoms. The van der Waals surface area contributed by atoms with Gasteiger partial charge in [-0.1, -0.05) is 18.2 Å². The van der Waals surface area contributed by atoms with Crippen LogP contribution in [-0.2, 0) is 11.2 Å². The summed E-state index contributed by atoms with van der Waals surface area (Å²) in [5.41, 5.74) is 1.75. The normalized spacial score (nSPS) is 18.8. The average molecular weight is 482 g/mol. The summed E-state index contributed by atoms with van der Waals surface area (Å²) < 4.78 is 5.26. The molecule has 2 amide bonds. The number of carbonyl (C=O) groups is 2. The number of aromatic nitrogens is 1. The van der Waals surface area contributed by atoms with E-state index in [9.17, 15) is 9.59 Å². The number of rotatable bonds is 7. The minimum absolute atomic E-state index is 0.00356. The number of nitrogens with one attached hydrogen (secondary N) is 1. The minimum atomic E-state index is 0.00356. The molecule has 1 aromatic carbocycles. The molecule has 2 aromatic heterocycles. The molecule has 3 heterocycles. The van der Waals surface area contributed by atoms with Crippen molar-refractivity contribution in [2.45, 2.75) is 25.7 Å². The molecule has 2 aliphatic rings. The van der Waals surface area contributed by atoms with E-state index in [0.29, 0.717) is 25.3 Å². The van der Waals surface area contributed by atoms with Gasteiger partial charge in [-0.2, -0.15) is 0 Å². The van der Waals surface area contributed by atoms with Gasteiger partial charge in [0, 0.05) is 30.9 Å². The summed E-state index contributed by atoms with van der Waals surface area (Å²) >= 11 is 3.15. The maximum absolute atomic E-state index is 12.9. The number of amides is 2. The number of likely N-dealkylation sites (tertiary alicyclic amines) is 1. The predicted molar refractivity (Wildman–Crippen MR) is 131 cm³/mol. The fourth-order valence-corrected chi connectivity index (χ4v) is 6.36. The van der Waals surface area contributed by atoms with Crippen molar-refractivity contribution in [3.8, 4) is 15.6 Å². The van der Waals surface area contributed by atoms with Crippen LogP contribution in [0.1, 0.15) is 35.3 Å². The van der Waals surface area contributed by atoms with Crippen molar-refractivity contribution >= 4 is 34.5 Å². The number of hydrogen-bond donors (Lipinski definition) is 1. The summed E-state index contributed by atoms with van der Waals surface area (Å²) in [6.45, 7) is 2.01. The molecule has 0 radical (unpaired) electrons. The van der Waals surface area contributed by atoms with Gasteiger partial charge in [0.1, 0.15) is 16.5 Å². The molecule has 1 aliphatic carbocycles. The van der Waals surface area contributed by atoms with Crippen molar-refractivity contribution in [3.63, 3.8) is 0 Å². The molecule has 1 spiro atoms. The van der Waals surface area contributed by atoms with E-state index in [1.54, 1.807) is 18.4 Å². The van der Waals surface area contributed by atoms with E-state index in [1.807, 2.05) is 52.1 Å². The van der Waals surface area contributed by atoms with Gasteiger partial charge in [-0.3, -0.25) is 9.59 Å². The Kier molecular flexibility index (Phi) is 6.21. The number of methoxy groups -OCH3 is 1. The molecule has 1 N–H and O–H groups in total. The molecule has 6 nitrogen and oxygen atoms in total. The summed E-state index contributed by atoms with van der Waals surface area (Å²) in [4.78, 5) is 33.2. The molecule has 172 valence electrons. The van der Waals surface area contributed by atoms with Crippen LogP contribution in [-0.4, -0.2) is 48.4 Å². The zero-order valence-corrected chi connectivity index (χ0v) is 20.2. The van der Waals surface area contributed by atoms with Crippen LogP contribution in [0.3, 0.4) is 0 Å². The molecule has 3 aromatic rings. The Morgan fingerprint density at radius 2 is 2.06 bits per heavy atom. The molecule has 1 aliphatic heterocycles. The highest BCUT2D eigenvalue weighted by Gasteiger charge is 2.58. The lowest BCUT2D eigenvalue weighted by Gasteiger charge is -2.32. The summed E-state index contributed by atoms with van der Waals surface area (Å²) in [5.74, 6) is 1.06. The van der Waals surface area contributed by atoms with Crippen molar-refractivity contribution in [2.24, 2.45) is 11.3 Å². The molecular weight excluding hydrogens is 454 g/mol. The van der Waals surface area contributed by atoms with E-state index in [-0.39, 0.29) is 23.1 Å². The quantitative estimate of drug-likeness (QED) is 0.540. The minimum Gasteiger partial charge on any atom is -0.497 e. The summed E-state index contributed by atoms with van der Waals surface area (Å²) in [6.07, 6.45) is 3.48. The van der Waals surface area contributed by atoms with Gasteiger partial charge < -0.3 is 15.0 Å². The fourth-order valence-electron chi connectivity index (χ4n) is 4.75. The number of carbonyl (C=O) groups excluding carboxylic acids is 2. The first-order valence-corrected chi connectivity index (χ1v) is 13.0. The maximum atomic E-state index is 12.9. The van der Waals surface area contributed by atoms with E-state index in [4.69, 9.17) is 4.74 Å². The monoisotopic (exact) mass is 481 g/mol. The Morgan fingerprint density at radius 1 is 1.21 bits per heavy atom. The number of thiazole rings is 1. The van der Waals surface area contributed by atoms with Crippen LogP contribution in [0.15, 0.2) is 47.2 Å². The SMILES string of the molecule is COc1cccc(CCNC(=O)[C@H]2CC23CCN(C(=O)c2csc(-c4cccs4)n2)CC3)c1. The molecule has 5 rings (SSSR count). The molecule has 0 unspecified atom stereocenters. The summed E-state index contributed by atoms with van der Waals surface area (Å²) in [5, 5.41) is 7.88. The van der Waals surface area contributed by atoms with Crippen LogP contribution in [0.5, 0.6) is 5.75 Å². The average Bonchev–Trinajstić information content (AvgIpc) is 3.23. The van der Waals surface area contributed by atoms with Crippen LogP contribution >= 0.6 is 22.7 Å². The molecule has 0 bridgehead atoms. The maximum Gasteiger partial charge on any atom is 0.273 e. The van der Waals surface area contributed by atoms with Gasteiger partial charge in [-0.25, -0.2) is 4.98 Å². The largest absolute Gasteiger partial charge is 0.497 e. The van der Waals surface area contributed by atoms with Crippen molar-refractivity contribution in [3.05, 3.63) is 58.4 Å². The third-order valence-electron chi connectivity index (χ3n) is 6.85. The van der Waals surface area contributed by atoms with E-state index in [1.165, 1.54) is 11.3 Å². The second-order valence-corrected chi connectivity index (χ2v) is 10.6. The summed E-state index contributed by atoms with van der Waals surface area (Å²) in [7, 11) is 1.66. The third-order valence-corrected chi connectivity index (χ3v) is 8.74. The van der Waals surface area contributed by atoms with Crippen LogP contribution in [0, 0.1) is 11.3 Å². The standard InChI is InChI=1S/C25H27N3O3S2/c1-31-18-5-2-4-17(14-18)7-10-26-22(29)19-15-25(19)8-11-28(12-9-25)24(30)20-16-33-23(27-20)21-6-3-13-32-21/h2-6,13-14,16,19H,7-12,15H2,1H3,(H,26,29)/t19-/m1/s1. The van der Waals surface area contributed by atoms with Gasteiger partial charge in [-0.15, -0.1) is 22.7 Å². The number of benzene rings is 1. The number of piperidine rings is 1. The highest BCUT2D eigenvalue weighted by atomic mass is 32.1. The first kappa shape index (κ1) is 22.1. The highest BCUT2D eigenvalue weighted by molar-refractivity contribution is 7.20. The molecule has 33 heavy (non-hydrogen) atoms. The van der Waals surface area contributed by atoms with E-state index in [0.717, 1.165) is 46.9 Å². The second kappa shape index (κ2) is 9.27. The number of nitrogens with zero attached hydrogens (tertiary/aromatic N) is 2. The lowest BCUT2D eigenvalue weighted by atomic mass is 9.90. The predicted octanol–water partition coefficient (Wildman–Crippen LogP) is 4.48. The van der Waals surface area contributed by atoms with Crippen LogP contribution in [0.2, 0.25) is 0 Å². The molecular formula is C25H27N3O3S2. The second-order valence-electron chi connectivity index (χ2n) is 8.82. The topological polar surface area (TPSA) is 71.5 Å². The van der Waals surface area contributed by atoms with Crippen LogP contribution < -0.4 is 10.1 Å². The Hall–Kier alpha value is -2.71. The Labute approximate surface area is 201 Å². The van der Waals surface area contributed by atoms with Crippen molar-refractivity contribution < 1.29 is 14.3 Å². The molecule has 2 fully saturated rings. The zero-order chi connectivity index (χ0) is 22.8. The first-order chi connectivity index (χ1) is 16.1.